The average Bonchev–Trinajstić information content (AvgIpc) is 2.50. The Kier molecular flexibility index (Phi) is 7.18. The summed E-state index contributed by atoms with van der Waals surface area (Å²) in [5.41, 5.74) is 0. The van der Waals surface area contributed by atoms with Gasteiger partial charge in [-0.25, -0.2) is 0 Å². The summed E-state index contributed by atoms with van der Waals surface area (Å²) in [7, 11) is 0. The lowest BCUT2D eigenvalue weighted by molar-refractivity contribution is -0.302. The number of aliphatic hydroxyl groups excluding tert-OH is 5. The van der Waals surface area contributed by atoms with Crippen LogP contribution < -0.4 is 5.32 Å². The molecular weight excluding hydrogens is 286 g/mol. The van der Waals surface area contributed by atoms with E-state index in [0.29, 0.717) is 6.41 Å². The quantitative estimate of drug-likeness (QED) is 0.199. The second kappa shape index (κ2) is 8.39. The minimum atomic E-state index is -1.55. The molecule has 1 aliphatic heterocycles. The summed E-state index contributed by atoms with van der Waals surface area (Å²) in [6.07, 6.45) is -6.51. The van der Waals surface area contributed by atoms with Gasteiger partial charge in [0, 0.05) is 0 Å². The summed E-state index contributed by atoms with van der Waals surface area (Å²) < 4.78 is 10.3. The average molecular weight is 307 g/mol. The standard InChI is InChI=1S/C12H21NO8/c1-2-7(16)6(13-5-15)4-20-12-11(19)10(18)9(17)8(3-14)21-12/h2,5-12,14,16-19H,1,3-4H2,(H,13,15)/t6-,7+,8+,9+,10-,11+,12+/m0/s1. The van der Waals surface area contributed by atoms with Crippen molar-refractivity contribution in [2.24, 2.45) is 0 Å². The van der Waals surface area contributed by atoms with Crippen molar-refractivity contribution in [3.8, 4) is 0 Å². The molecule has 0 aliphatic carbocycles. The van der Waals surface area contributed by atoms with E-state index in [0.717, 1.165) is 0 Å². The van der Waals surface area contributed by atoms with Crippen LogP contribution in [0.25, 0.3) is 0 Å². The third-order valence-electron chi connectivity index (χ3n) is 3.22. The zero-order valence-corrected chi connectivity index (χ0v) is 11.3. The van der Waals surface area contributed by atoms with Gasteiger partial charge in [-0.15, -0.1) is 6.58 Å². The molecule has 0 radical (unpaired) electrons. The van der Waals surface area contributed by atoms with Gasteiger partial charge in [-0.2, -0.15) is 0 Å². The Labute approximate surface area is 121 Å². The molecule has 1 aliphatic rings. The Bertz CT molecular complexity index is 339. The summed E-state index contributed by atoms with van der Waals surface area (Å²) in [5, 5.41) is 49.8. The molecule has 0 saturated carbocycles. The van der Waals surface area contributed by atoms with Gasteiger partial charge in [-0.1, -0.05) is 6.08 Å². The zero-order chi connectivity index (χ0) is 16.0. The number of carbonyl (C=O) groups excluding carboxylic acids is 1. The van der Waals surface area contributed by atoms with Crippen LogP contribution in [-0.4, -0.2) is 88.0 Å². The van der Waals surface area contributed by atoms with E-state index < -0.39 is 49.5 Å². The Morgan fingerprint density at radius 1 is 1.29 bits per heavy atom. The smallest absolute Gasteiger partial charge is 0.207 e. The first kappa shape index (κ1) is 18.0. The van der Waals surface area contributed by atoms with Gasteiger partial charge >= 0.3 is 0 Å². The third-order valence-corrected chi connectivity index (χ3v) is 3.22. The molecule has 9 heteroatoms. The maximum Gasteiger partial charge on any atom is 0.207 e. The molecule has 21 heavy (non-hydrogen) atoms. The Morgan fingerprint density at radius 2 is 1.95 bits per heavy atom. The SMILES string of the molecule is C=C[C@@H](O)[C@H](CO[C@@H]1O[C@H](CO)[C@@H](O)[C@H](O)[C@H]1O)NC=O. The minimum absolute atomic E-state index is 0.241. The molecule has 0 spiro atoms. The fourth-order valence-corrected chi connectivity index (χ4v) is 1.90. The van der Waals surface area contributed by atoms with Gasteiger partial charge in [0.15, 0.2) is 6.29 Å². The summed E-state index contributed by atoms with van der Waals surface area (Å²) in [6.45, 7) is 2.56. The van der Waals surface area contributed by atoms with Crippen molar-refractivity contribution in [3.05, 3.63) is 12.7 Å². The number of rotatable bonds is 8. The normalized spacial score (nSPS) is 35.8. The minimum Gasteiger partial charge on any atom is -0.394 e. The van der Waals surface area contributed by atoms with Crippen molar-refractivity contribution in [1.29, 1.82) is 0 Å². The third kappa shape index (κ3) is 4.45. The van der Waals surface area contributed by atoms with Gasteiger partial charge in [0.25, 0.3) is 0 Å². The van der Waals surface area contributed by atoms with Crippen LogP contribution in [0.3, 0.4) is 0 Å². The predicted molar refractivity (Wildman–Crippen MR) is 68.9 cm³/mol. The number of hydrogen-bond acceptors (Lipinski definition) is 8. The van der Waals surface area contributed by atoms with Crippen LogP contribution in [0.2, 0.25) is 0 Å². The zero-order valence-electron chi connectivity index (χ0n) is 11.3. The summed E-state index contributed by atoms with van der Waals surface area (Å²) in [4.78, 5) is 10.4. The van der Waals surface area contributed by atoms with Crippen molar-refractivity contribution in [1.82, 2.24) is 5.32 Å². The topological polar surface area (TPSA) is 149 Å². The van der Waals surface area contributed by atoms with Crippen molar-refractivity contribution < 1.29 is 39.8 Å². The highest BCUT2D eigenvalue weighted by atomic mass is 16.7. The molecule has 0 aromatic rings. The fraction of sp³-hybridized carbons (Fsp3) is 0.750. The summed E-state index contributed by atoms with van der Waals surface area (Å²) in [6, 6.07) is -0.827. The van der Waals surface area contributed by atoms with Crippen LogP contribution in [0.5, 0.6) is 0 Å². The molecule has 0 aromatic carbocycles. The molecule has 1 heterocycles. The molecule has 9 nitrogen and oxygen atoms in total. The molecular formula is C12H21NO8. The Hall–Kier alpha value is -1.07. The van der Waals surface area contributed by atoms with E-state index in [1.165, 1.54) is 6.08 Å². The van der Waals surface area contributed by atoms with Crippen LogP contribution in [0, 0.1) is 0 Å². The van der Waals surface area contributed by atoms with Crippen LogP contribution in [0.4, 0.5) is 0 Å². The number of carbonyl (C=O) groups is 1. The van der Waals surface area contributed by atoms with Crippen molar-refractivity contribution in [2.75, 3.05) is 13.2 Å². The first-order valence-electron chi connectivity index (χ1n) is 6.38. The predicted octanol–water partition coefficient (Wildman–Crippen LogP) is -3.54. The van der Waals surface area contributed by atoms with Crippen LogP contribution in [0.15, 0.2) is 12.7 Å². The van der Waals surface area contributed by atoms with Gasteiger partial charge in [0.05, 0.1) is 25.4 Å². The second-order valence-electron chi connectivity index (χ2n) is 4.65. The lowest BCUT2D eigenvalue weighted by Crippen LogP contribution is -2.59. The number of ether oxygens (including phenoxy) is 2. The Balaban J connectivity index is 2.63. The molecule has 1 rings (SSSR count). The van der Waals surface area contributed by atoms with Crippen molar-refractivity contribution in [3.63, 3.8) is 0 Å². The molecule has 1 amide bonds. The van der Waals surface area contributed by atoms with E-state index in [4.69, 9.17) is 14.6 Å². The summed E-state index contributed by atoms with van der Waals surface area (Å²) in [5.74, 6) is 0. The van der Waals surface area contributed by atoms with E-state index in [9.17, 15) is 25.2 Å². The molecule has 1 fully saturated rings. The van der Waals surface area contributed by atoms with Crippen LogP contribution in [-0.2, 0) is 14.3 Å². The molecule has 0 unspecified atom stereocenters. The number of nitrogens with one attached hydrogen (secondary N) is 1. The number of hydrogen-bond donors (Lipinski definition) is 6. The van der Waals surface area contributed by atoms with Gasteiger partial charge in [-0.05, 0) is 0 Å². The highest BCUT2D eigenvalue weighted by Crippen LogP contribution is 2.22. The summed E-state index contributed by atoms with van der Waals surface area (Å²) >= 11 is 0. The lowest BCUT2D eigenvalue weighted by atomic mass is 9.99. The van der Waals surface area contributed by atoms with E-state index >= 15 is 0 Å². The van der Waals surface area contributed by atoms with E-state index in [1.54, 1.807) is 0 Å². The van der Waals surface area contributed by atoms with Crippen LogP contribution >= 0.6 is 0 Å². The van der Waals surface area contributed by atoms with Gasteiger partial charge in [-0.3, -0.25) is 4.79 Å². The molecule has 1 saturated heterocycles. The maximum atomic E-state index is 10.4. The largest absolute Gasteiger partial charge is 0.394 e. The molecule has 7 atom stereocenters. The number of amides is 1. The highest BCUT2D eigenvalue weighted by Gasteiger charge is 2.44. The van der Waals surface area contributed by atoms with Gasteiger partial charge < -0.3 is 40.3 Å². The first-order chi connectivity index (χ1) is 9.96. The Morgan fingerprint density at radius 3 is 2.48 bits per heavy atom. The molecule has 0 bridgehead atoms. The van der Waals surface area contributed by atoms with E-state index in [-0.39, 0.29) is 6.61 Å². The first-order valence-corrected chi connectivity index (χ1v) is 6.38. The van der Waals surface area contributed by atoms with E-state index in [2.05, 4.69) is 11.9 Å². The van der Waals surface area contributed by atoms with E-state index in [1.807, 2.05) is 0 Å². The van der Waals surface area contributed by atoms with Crippen molar-refractivity contribution >= 4 is 6.41 Å². The van der Waals surface area contributed by atoms with Crippen molar-refractivity contribution in [2.45, 2.75) is 42.9 Å². The fourth-order valence-electron chi connectivity index (χ4n) is 1.90. The maximum absolute atomic E-state index is 10.4. The molecule has 6 N–H and O–H groups in total. The van der Waals surface area contributed by atoms with Gasteiger partial charge in [0.1, 0.15) is 24.4 Å². The second-order valence-corrected chi connectivity index (χ2v) is 4.65. The van der Waals surface area contributed by atoms with Gasteiger partial charge in [0.2, 0.25) is 6.41 Å². The molecule has 122 valence electrons. The number of aliphatic hydroxyl groups is 5. The molecule has 0 aromatic heterocycles. The monoisotopic (exact) mass is 307 g/mol. The highest BCUT2D eigenvalue weighted by molar-refractivity contribution is 5.47. The lowest BCUT2D eigenvalue weighted by Gasteiger charge is -2.40. The van der Waals surface area contributed by atoms with Crippen LogP contribution in [0.1, 0.15) is 0 Å².